The maximum Gasteiger partial charge on any atom is 0.224 e. The molecule has 0 aliphatic heterocycles. The van der Waals surface area contributed by atoms with E-state index in [0.717, 1.165) is 0 Å². The third-order valence-electron chi connectivity index (χ3n) is 0.282. The van der Waals surface area contributed by atoms with E-state index in [1.165, 1.54) is 0 Å². The van der Waals surface area contributed by atoms with E-state index in [1.807, 2.05) is 0 Å². The van der Waals surface area contributed by atoms with Crippen LogP contribution in [0.5, 0.6) is 0 Å². The average molecular weight is 302 g/mol. The van der Waals surface area contributed by atoms with Crippen molar-refractivity contribution in [2.45, 2.75) is 0 Å². The predicted octanol–water partition coefficient (Wildman–Crippen LogP) is 0.393. The van der Waals surface area contributed by atoms with Crippen LogP contribution in [0, 0.1) is 0 Å². The Bertz CT molecular complexity index is 242. The highest BCUT2D eigenvalue weighted by Crippen LogP contribution is 2.09. The summed E-state index contributed by atoms with van der Waals surface area (Å²) in [6, 6.07) is 0. The maximum atomic E-state index is 10.2. The molecule has 0 spiro atoms. The fraction of sp³-hybridized carbons (Fsp3) is 1.00. The third kappa shape index (κ3) is 8.86. The molecule has 0 rings (SSSR count). The van der Waals surface area contributed by atoms with Crippen LogP contribution in [0.3, 0.4) is 0 Å². The smallest absolute Gasteiger partial charge is 0.216 e. The van der Waals surface area contributed by atoms with Gasteiger partial charge < -0.3 is 0 Å². The Morgan fingerprint density at radius 2 is 1.11 bits per heavy atom. The summed E-state index contributed by atoms with van der Waals surface area (Å²) in [6.45, 7) is 0. The molecule has 0 bridgehead atoms. The van der Waals surface area contributed by atoms with Crippen molar-refractivity contribution in [3.05, 3.63) is 0 Å². The van der Waals surface area contributed by atoms with Gasteiger partial charge in [0.25, 0.3) is 0 Å². The molecule has 0 unspecified atom stereocenters. The number of hydrogen-bond acceptors (Lipinski definition) is 4. The number of halogens is 2. The van der Waals surface area contributed by atoms with E-state index in [2.05, 4.69) is 29.6 Å². The van der Waals surface area contributed by atoms with E-state index in [1.54, 1.807) is 0 Å². The fourth-order valence-corrected chi connectivity index (χ4v) is 8.20. The molecule has 0 aromatic heterocycles. The van der Waals surface area contributed by atoms with Crippen LogP contribution in [0.25, 0.3) is 0 Å². The SMILES string of the molecule is O=S(=O)(Br)CS(=O)(=O)Br. The van der Waals surface area contributed by atoms with Crippen molar-refractivity contribution in [2.75, 3.05) is 5.08 Å². The van der Waals surface area contributed by atoms with Crippen LogP contribution >= 0.6 is 29.6 Å². The van der Waals surface area contributed by atoms with E-state index in [0.29, 0.717) is 0 Å². The molecule has 4 nitrogen and oxygen atoms in total. The molecule has 0 saturated heterocycles. The lowest BCUT2D eigenvalue weighted by Crippen LogP contribution is -2.03. The van der Waals surface area contributed by atoms with E-state index in [9.17, 15) is 16.8 Å². The van der Waals surface area contributed by atoms with Crippen molar-refractivity contribution in [1.29, 1.82) is 0 Å². The summed E-state index contributed by atoms with van der Waals surface area (Å²) in [5.74, 6) is 0. The second-order valence-electron chi connectivity index (χ2n) is 1.20. The Morgan fingerprint density at radius 3 is 1.11 bits per heavy atom. The molecule has 0 radical (unpaired) electrons. The molecule has 0 aromatic rings. The van der Waals surface area contributed by atoms with Crippen molar-refractivity contribution < 1.29 is 16.8 Å². The molecule has 0 amide bonds. The summed E-state index contributed by atoms with van der Waals surface area (Å²) in [5, 5.41) is -0.931. The van der Waals surface area contributed by atoms with Gasteiger partial charge in [0.15, 0.2) is 5.08 Å². The Hall–Kier alpha value is 0.860. The molecular weight excluding hydrogens is 300 g/mol. The van der Waals surface area contributed by atoms with Crippen molar-refractivity contribution in [3.63, 3.8) is 0 Å². The Kier molecular flexibility index (Phi) is 3.12. The first-order chi connectivity index (χ1) is 3.71. The van der Waals surface area contributed by atoms with E-state index in [4.69, 9.17) is 0 Å². The van der Waals surface area contributed by atoms with Gasteiger partial charge >= 0.3 is 0 Å². The van der Waals surface area contributed by atoms with Crippen LogP contribution in [-0.4, -0.2) is 21.9 Å². The minimum atomic E-state index is -3.60. The molecular formula is CH2Br2O4S2. The standard InChI is InChI=1S/CH2Br2O4S2/c2-8(4,5)1-9(3,6)7/h1H2. The molecule has 56 valence electrons. The minimum absolute atomic E-state index is 0.931. The Labute approximate surface area is 67.9 Å². The van der Waals surface area contributed by atoms with Crippen LogP contribution in [0.1, 0.15) is 0 Å². The first-order valence-corrected chi connectivity index (χ1v) is 8.54. The molecule has 8 heteroatoms. The van der Waals surface area contributed by atoms with Gasteiger partial charge in [0.1, 0.15) is 0 Å². The van der Waals surface area contributed by atoms with Gasteiger partial charge in [-0.15, -0.1) is 0 Å². The summed E-state index contributed by atoms with van der Waals surface area (Å²) in [4.78, 5) is 0. The lowest BCUT2D eigenvalue weighted by Gasteiger charge is -1.87. The van der Waals surface area contributed by atoms with Gasteiger partial charge in [-0.2, -0.15) is 0 Å². The highest BCUT2D eigenvalue weighted by Gasteiger charge is 2.15. The molecule has 0 saturated carbocycles. The fourth-order valence-electron chi connectivity index (χ4n) is 0.168. The van der Waals surface area contributed by atoms with Gasteiger partial charge in [0.05, 0.1) is 29.6 Å². The largest absolute Gasteiger partial charge is 0.224 e. The monoisotopic (exact) mass is 300 g/mol. The van der Waals surface area contributed by atoms with Crippen molar-refractivity contribution in [3.8, 4) is 0 Å². The second-order valence-corrected chi connectivity index (χ2v) is 10.2. The number of rotatable bonds is 2. The Morgan fingerprint density at radius 1 is 0.889 bits per heavy atom. The number of hydrogen-bond donors (Lipinski definition) is 0. The molecule has 0 aromatic carbocycles. The molecule has 0 aliphatic carbocycles. The van der Waals surface area contributed by atoms with Crippen LogP contribution in [0.2, 0.25) is 0 Å². The van der Waals surface area contributed by atoms with Crippen molar-refractivity contribution in [1.82, 2.24) is 0 Å². The average Bonchev–Trinajstić information content (AvgIpc) is 1.14. The first kappa shape index (κ1) is 9.86. The zero-order chi connectivity index (χ0) is 7.71. The van der Waals surface area contributed by atoms with Crippen LogP contribution in [0.15, 0.2) is 0 Å². The normalized spacial score (nSPS) is 13.6. The predicted molar refractivity (Wildman–Crippen MR) is 40.6 cm³/mol. The van der Waals surface area contributed by atoms with Crippen LogP contribution < -0.4 is 0 Å². The van der Waals surface area contributed by atoms with Gasteiger partial charge in [0, 0.05) is 0 Å². The summed E-state index contributed by atoms with van der Waals surface area (Å²) in [6.07, 6.45) is 0. The lowest BCUT2D eigenvalue weighted by atomic mass is 11.9. The maximum absolute atomic E-state index is 10.2. The van der Waals surface area contributed by atoms with Gasteiger partial charge in [-0.25, -0.2) is 16.8 Å². The van der Waals surface area contributed by atoms with Crippen molar-refractivity contribution >= 4 is 46.2 Å². The molecule has 9 heavy (non-hydrogen) atoms. The Balaban J connectivity index is 4.46. The second kappa shape index (κ2) is 2.85. The van der Waals surface area contributed by atoms with E-state index >= 15 is 0 Å². The van der Waals surface area contributed by atoms with Gasteiger partial charge in [-0.3, -0.25) is 0 Å². The summed E-state index contributed by atoms with van der Waals surface area (Å²) in [7, 11) is -7.21. The summed E-state index contributed by atoms with van der Waals surface area (Å²) >= 11 is 4.35. The lowest BCUT2D eigenvalue weighted by molar-refractivity contribution is 0.605. The summed E-state index contributed by atoms with van der Waals surface area (Å²) in [5.41, 5.74) is 0. The zero-order valence-corrected chi connectivity index (χ0v) is 8.72. The molecule has 0 aliphatic rings. The van der Waals surface area contributed by atoms with Crippen molar-refractivity contribution in [2.24, 2.45) is 0 Å². The van der Waals surface area contributed by atoms with Gasteiger partial charge in [-0.05, 0) is 0 Å². The molecule has 0 fully saturated rings. The van der Waals surface area contributed by atoms with Gasteiger partial charge in [-0.1, -0.05) is 0 Å². The van der Waals surface area contributed by atoms with E-state index < -0.39 is 21.6 Å². The minimum Gasteiger partial charge on any atom is -0.216 e. The highest BCUT2D eigenvalue weighted by atomic mass is 79.9. The van der Waals surface area contributed by atoms with Crippen LogP contribution in [0.4, 0.5) is 0 Å². The van der Waals surface area contributed by atoms with E-state index in [-0.39, 0.29) is 0 Å². The zero-order valence-electron chi connectivity index (χ0n) is 3.91. The van der Waals surface area contributed by atoms with Gasteiger partial charge in [0.2, 0.25) is 16.5 Å². The molecule has 0 atom stereocenters. The topological polar surface area (TPSA) is 68.3 Å². The summed E-state index contributed by atoms with van der Waals surface area (Å²) < 4.78 is 40.6. The quantitative estimate of drug-likeness (QED) is 0.692. The molecule has 0 heterocycles. The molecule has 0 N–H and O–H groups in total. The third-order valence-corrected chi connectivity index (χ3v) is 5.90. The van der Waals surface area contributed by atoms with Crippen LogP contribution in [-0.2, 0) is 16.5 Å². The first-order valence-electron chi connectivity index (χ1n) is 1.55. The highest BCUT2D eigenvalue weighted by molar-refractivity contribution is 9.51.